The molecule has 3 saturated heterocycles. The van der Waals surface area contributed by atoms with Gasteiger partial charge in [0.15, 0.2) is 5.69 Å². The highest BCUT2D eigenvalue weighted by Crippen LogP contribution is 2.44. The topological polar surface area (TPSA) is 63.1 Å². The van der Waals surface area contributed by atoms with Gasteiger partial charge in [0.2, 0.25) is 0 Å². The summed E-state index contributed by atoms with van der Waals surface area (Å²) in [5, 5.41) is 5.09. The molecule has 0 N–H and O–H groups in total. The molecule has 1 amide bonds. The second-order valence-corrected chi connectivity index (χ2v) is 11.0. The van der Waals surface area contributed by atoms with Crippen molar-refractivity contribution in [2.24, 2.45) is 0 Å². The first-order valence-corrected chi connectivity index (χ1v) is 13.9. The summed E-state index contributed by atoms with van der Waals surface area (Å²) in [4.78, 5) is 21.8. The third kappa shape index (κ3) is 4.64. The van der Waals surface area contributed by atoms with E-state index < -0.39 is 0 Å². The molecule has 0 bridgehead atoms. The van der Waals surface area contributed by atoms with Gasteiger partial charge in [-0.3, -0.25) is 19.3 Å². The molecular weight excluding hydrogens is 462 g/mol. The van der Waals surface area contributed by atoms with E-state index >= 15 is 0 Å². The van der Waals surface area contributed by atoms with Crippen LogP contribution in [-0.2, 0) is 15.2 Å². The molecule has 9 heteroatoms. The smallest absolute Gasteiger partial charge is 0.274 e. The zero-order chi connectivity index (χ0) is 23.8. The summed E-state index contributed by atoms with van der Waals surface area (Å²) in [7, 11) is 1.80. The van der Waals surface area contributed by atoms with Crippen molar-refractivity contribution in [1.29, 1.82) is 0 Å². The van der Waals surface area contributed by atoms with E-state index in [1.807, 2.05) is 16.7 Å². The van der Waals surface area contributed by atoms with Crippen molar-refractivity contribution in [3.05, 3.63) is 35.5 Å². The van der Waals surface area contributed by atoms with Gasteiger partial charge in [-0.15, -0.1) is 11.8 Å². The summed E-state index contributed by atoms with van der Waals surface area (Å²) in [6.45, 7) is 8.85. The van der Waals surface area contributed by atoms with Crippen LogP contribution >= 0.6 is 11.8 Å². The fourth-order valence-corrected chi connectivity index (χ4v) is 6.82. The van der Waals surface area contributed by atoms with E-state index in [-0.39, 0.29) is 11.9 Å². The van der Waals surface area contributed by atoms with Crippen LogP contribution in [0.5, 0.6) is 0 Å². The van der Waals surface area contributed by atoms with Gasteiger partial charge >= 0.3 is 0 Å². The molecular formula is C26H35N5O3S. The number of rotatable bonds is 6. The quantitative estimate of drug-likeness (QED) is 0.608. The molecule has 3 fully saturated rings. The lowest BCUT2D eigenvalue weighted by molar-refractivity contribution is -0.0334. The average Bonchev–Trinajstić information content (AvgIpc) is 3.28. The average molecular weight is 498 g/mol. The number of carbonyl (C=O) groups excluding carboxylic acids is 1. The summed E-state index contributed by atoms with van der Waals surface area (Å²) >= 11 is 1.82. The van der Waals surface area contributed by atoms with Crippen LogP contribution in [0.2, 0.25) is 0 Å². The standard InChI is InChI=1S/C26H35N5O3S/c1-33-20-16-29(17-20)10-9-28-8-4-5-19(15-28)31-25-21-6-2-3-7-23(21)35-18-22(25)24(27-31)26(32)30-11-13-34-14-12-30/h2-3,6-7,19-20H,4-5,8-18H2,1H3. The van der Waals surface area contributed by atoms with Gasteiger partial charge in [-0.05, 0) is 25.5 Å². The number of methoxy groups -OCH3 is 1. The Morgan fingerprint density at radius 2 is 1.91 bits per heavy atom. The number of thioether (sulfide) groups is 1. The maximum atomic E-state index is 13.6. The monoisotopic (exact) mass is 497 g/mol. The molecule has 0 spiro atoms. The zero-order valence-corrected chi connectivity index (χ0v) is 21.3. The van der Waals surface area contributed by atoms with Gasteiger partial charge in [0.25, 0.3) is 5.91 Å². The molecule has 1 atom stereocenters. The lowest BCUT2D eigenvalue weighted by Gasteiger charge is -2.40. The molecule has 1 aromatic carbocycles. The van der Waals surface area contributed by atoms with Gasteiger partial charge in [0.1, 0.15) is 0 Å². The number of aromatic nitrogens is 2. The number of carbonyl (C=O) groups is 1. The minimum Gasteiger partial charge on any atom is -0.379 e. The van der Waals surface area contributed by atoms with Crippen molar-refractivity contribution in [2.75, 3.05) is 72.7 Å². The molecule has 1 unspecified atom stereocenters. The van der Waals surface area contributed by atoms with E-state index in [2.05, 4.69) is 38.7 Å². The highest BCUT2D eigenvalue weighted by Gasteiger charge is 2.35. The Morgan fingerprint density at radius 3 is 2.74 bits per heavy atom. The number of ether oxygens (including phenoxy) is 2. The van der Waals surface area contributed by atoms with Crippen LogP contribution in [0, 0.1) is 0 Å². The third-order valence-electron chi connectivity index (χ3n) is 7.84. The largest absolute Gasteiger partial charge is 0.379 e. The van der Waals surface area contributed by atoms with Gasteiger partial charge in [0.05, 0.1) is 31.1 Å². The Kier molecular flexibility index (Phi) is 6.86. The van der Waals surface area contributed by atoms with Gasteiger partial charge < -0.3 is 14.4 Å². The molecule has 2 aromatic rings. The minimum absolute atomic E-state index is 0.0569. The first kappa shape index (κ1) is 23.5. The summed E-state index contributed by atoms with van der Waals surface area (Å²) in [6, 6.07) is 8.87. The maximum absolute atomic E-state index is 13.6. The highest BCUT2D eigenvalue weighted by molar-refractivity contribution is 7.98. The number of amides is 1. The summed E-state index contributed by atoms with van der Waals surface area (Å²) in [5.41, 5.74) is 4.13. The number of hydrogen-bond acceptors (Lipinski definition) is 7. The first-order chi connectivity index (χ1) is 17.2. The van der Waals surface area contributed by atoms with Gasteiger partial charge in [-0.25, -0.2) is 0 Å². The fraction of sp³-hybridized carbons (Fsp3) is 0.615. The third-order valence-corrected chi connectivity index (χ3v) is 8.94. The van der Waals surface area contributed by atoms with Crippen LogP contribution < -0.4 is 0 Å². The molecule has 0 aliphatic carbocycles. The predicted molar refractivity (Wildman–Crippen MR) is 136 cm³/mol. The van der Waals surface area contributed by atoms with Crippen LogP contribution in [0.4, 0.5) is 0 Å². The molecule has 35 heavy (non-hydrogen) atoms. The summed E-state index contributed by atoms with van der Waals surface area (Å²) in [5.74, 6) is 0.852. The van der Waals surface area contributed by atoms with Crippen molar-refractivity contribution in [1.82, 2.24) is 24.5 Å². The molecule has 6 rings (SSSR count). The summed E-state index contributed by atoms with van der Waals surface area (Å²) < 4.78 is 13.1. The first-order valence-electron chi connectivity index (χ1n) is 12.9. The number of fused-ring (bicyclic) bond motifs is 3. The van der Waals surface area contributed by atoms with E-state index in [1.54, 1.807) is 7.11 Å². The lowest BCUT2D eigenvalue weighted by atomic mass is 10.0. The Hall–Kier alpha value is -1.91. The van der Waals surface area contributed by atoms with Gasteiger partial charge in [0, 0.05) is 74.7 Å². The number of morpholine rings is 1. The Bertz CT molecular complexity index is 1060. The second-order valence-electron chi connectivity index (χ2n) is 10.0. The van der Waals surface area contributed by atoms with E-state index in [1.165, 1.54) is 10.5 Å². The van der Waals surface area contributed by atoms with Crippen molar-refractivity contribution < 1.29 is 14.3 Å². The molecule has 4 aliphatic rings. The van der Waals surface area contributed by atoms with Crippen LogP contribution in [0.25, 0.3) is 11.3 Å². The molecule has 188 valence electrons. The van der Waals surface area contributed by atoms with Crippen LogP contribution in [0.15, 0.2) is 29.2 Å². The minimum atomic E-state index is 0.0569. The van der Waals surface area contributed by atoms with Crippen molar-refractivity contribution >= 4 is 17.7 Å². The van der Waals surface area contributed by atoms with E-state index in [0.29, 0.717) is 38.1 Å². The fourth-order valence-electron chi connectivity index (χ4n) is 5.75. The van der Waals surface area contributed by atoms with Crippen molar-refractivity contribution in [2.45, 2.75) is 35.6 Å². The summed E-state index contributed by atoms with van der Waals surface area (Å²) in [6.07, 6.45) is 2.66. The van der Waals surface area contributed by atoms with E-state index in [9.17, 15) is 4.79 Å². The SMILES string of the molecule is COC1CN(CCN2CCCC(n3nc(C(=O)N4CCOCC4)c4c3-c3ccccc3SC4)C2)C1. The lowest BCUT2D eigenvalue weighted by Crippen LogP contribution is -2.54. The van der Waals surface area contributed by atoms with Gasteiger partial charge in [-0.2, -0.15) is 5.10 Å². The van der Waals surface area contributed by atoms with Gasteiger partial charge in [-0.1, -0.05) is 18.2 Å². The second kappa shape index (κ2) is 10.2. The normalized spacial score (nSPS) is 23.6. The number of piperidine rings is 1. The number of nitrogens with zero attached hydrogens (tertiary/aromatic N) is 5. The molecule has 8 nitrogen and oxygen atoms in total. The predicted octanol–water partition coefficient (Wildman–Crippen LogP) is 2.60. The number of benzene rings is 1. The highest BCUT2D eigenvalue weighted by atomic mass is 32.2. The Balaban J connectivity index is 1.26. The van der Waals surface area contributed by atoms with E-state index in [4.69, 9.17) is 14.6 Å². The molecule has 0 radical (unpaired) electrons. The van der Waals surface area contributed by atoms with Crippen molar-refractivity contribution in [3.63, 3.8) is 0 Å². The van der Waals surface area contributed by atoms with Crippen LogP contribution in [-0.4, -0.2) is 109 Å². The Morgan fingerprint density at radius 1 is 1.11 bits per heavy atom. The van der Waals surface area contributed by atoms with Crippen molar-refractivity contribution in [3.8, 4) is 11.3 Å². The molecule has 5 heterocycles. The zero-order valence-electron chi connectivity index (χ0n) is 20.5. The Labute approximate surface area is 211 Å². The molecule has 4 aliphatic heterocycles. The molecule has 0 saturated carbocycles. The van der Waals surface area contributed by atoms with Crippen LogP contribution in [0.1, 0.15) is 34.9 Å². The number of likely N-dealkylation sites (tertiary alicyclic amines) is 2. The maximum Gasteiger partial charge on any atom is 0.274 e. The number of hydrogen-bond donors (Lipinski definition) is 0. The van der Waals surface area contributed by atoms with E-state index in [0.717, 1.165) is 69.1 Å². The molecule has 1 aromatic heterocycles. The van der Waals surface area contributed by atoms with Crippen LogP contribution in [0.3, 0.4) is 0 Å².